The summed E-state index contributed by atoms with van der Waals surface area (Å²) in [5.41, 5.74) is 7.18. The normalized spacial score (nSPS) is 11.1. The zero-order valence-electron chi connectivity index (χ0n) is 8.68. The summed E-state index contributed by atoms with van der Waals surface area (Å²) in [5, 5.41) is 3.41. The minimum absolute atomic E-state index is 0.257. The molecular weight excluding hydrogens is 257 g/mol. The highest BCUT2D eigenvalue weighted by atomic mass is 32.1. The van der Waals surface area contributed by atoms with Crippen LogP contribution in [0.3, 0.4) is 0 Å². The molecule has 0 saturated heterocycles. The Labute approximate surface area is 105 Å². The van der Waals surface area contributed by atoms with E-state index in [9.17, 15) is 4.39 Å². The molecule has 0 spiro atoms. The summed E-state index contributed by atoms with van der Waals surface area (Å²) in [4.78, 5) is 8.56. The van der Waals surface area contributed by atoms with E-state index in [4.69, 9.17) is 5.73 Å². The van der Waals surface area contributed by atoms with Gasteiger partial charge in [0.2, 0.25) is 0 Å². The van der Waals surface area contributed by atoms with E-state index >= 15 is 0 Å². The maximum Gasteiger partial charge on any atom is 0.180 e. The van der Waals surface area contributed by atoms with Crippen LogP contribution in [0.1, 0.15) is 10.7 Å². The molecule has 17 heavy (non-hydrogen) atoms. The van der Waals surface area contributed by atoms with Gasteiger partial charge < -0.3 is 5.73 Å². The summed E-state index contributed by atoms with van der Waals surface area (Å²) in [6, 6.07) is 4.65. The van der Waals surface area contributed by atoms with Gasteiger partial charge in [0.05, 0.1) is 20.9 Å². The number of fused-ring (bicyclic) bond motifs is 1. The second-order valence-corrected chi connectivity index (χ2v) is 5.58. The minimum Gasteiger partial charge on any atom is -0.375 e. The number of nitrogens with zero attached hydrogens (tertiary/aromatic N) is 2. The zero-order valence-corrected chi connectivity index (χ0v) is 10.3. The van der Waals surface area contributed by atoms with Crippen molar-refractivity contribution in [3.05, 3.63) is 40.1 Å². The Morgan fingerprint density at radius 3 is 2.94 bits per heavy atom. The number of hydrogen-bond acceptors (Lipinski definition) is 5. The first-order valence-electron chi connectivity index (χ1n) is 4.95. The summed E-state index contributed by atoms with van der Waals surface area (Å²) >= 11 is 2.97. The van der Waals surface area contributed by atoms with Gasteiger partial charge in [-0.25, -0.2) is 14.4 Å². The molecular formula is C11H8FN3S2. The molecule has 3 rings (SSSR count). The number of thiazole rings is 2. The predicted molar refractivity (Wildman–Crippen MR) is 68.9 cm³/mol. The zero-order chi connectivity index (χ0) is 11.8. The quantitative estimate of drug-likeness (QED) is 0.774. The Kier molecular flexibility index (Phi) is 2.53. The fourth-order valence-electron chi connectivity index (χ4n) is 1.58. The van der Waals surface area contributed by atoms with Gasteiger partial charge in [-0.2, -0.15) is 0 Å². The summed E-state index contributed by atoms with van der Waals surface area (Å²) in [6.07, 6.45) is 0.647. The molecule has 2 heterocycles. The number of hydrogen-bond donors (Lipinski definition) is 1. The molecule has 0 fully saturated rings. The molecule has 0 atom stereocenters. The summed E-state index contributed by atoms with van der Waals surface area (Å²) in [5.74, 6) is -0.257. The fourth-order valence-corrected chi connectivity index (χ4v) is 3.11. The van der Waals surface area contributed by atoms with E-state index in [1.54, 1.807) is 17.4 Å². The van der Waals surface area contributed by atoms with Gasteiger partial charge >= 0.3 is 0 Å². The van der Waals surface area contributed by atoms with Gasteiger partial charge in [-0.05, 0) is 12.1 Å². The minimum atomic E-state index is -0.257. The van der Waals surface area contributed by atoms with Crippen molar-refractivity contribution in [1.29, 1.82) is 0 Å². The highest BCUT2D eigenvalue weighted by Gasteiger charge is 2.07. The molecule has 2 aromatic heterocycles. The lowest BCUT2D eigenvalue weighted by atomic mass is 10.3. The molecule has 2 N–H and O–H groups in total. The van der Waals surface area contributed by atoms with Crippen molar-refractivity contribution >= 4 is 38.0 Å². The molecule has 0 aliphatic carbocycles. The summed E-state index contributed by atoms with van der Waals surface area (Å²) in [6.45, 7) is 0. The largest absolute Gasteiger partial charge is 0.375 e. The monoisotopic (exact) mass is 265 g/mol. The second-order valence-electron chi connectivity index (χ2n) is 3.57. The summed E-state index contributed by atoms with van der Waals surface area (Å²) in [7, 11) is 0. The van der Waals surface area contributed by atoms with Crippen LogP contribution in [0.15, 0.2) is 23.6 Å². The van der Waals surface area contributed by atoms with Gasteiger partial charge in [0.25, 0.3) is 0 Å². The first-order valence-corrected chi connectivity index (χ1v) is 6.65. The van der Waals surface area contributed by atoms with Crippen LogP contribution < -0.4 is 5.73 Å². The number of benzene rings is 1. The Morgan fingerprint density at radius 2 is 2.18 bits per heavy atom. The Morgan fingerprint density at radius 1 is 1.29 bits per heavy atom. The maximum absolute atomic E-state index is 13.0. The molecule has 0 saturated carbocycles. The number of aromatic nitrogens is 2. The van der Waals surface area contributed by atoms with Gasteiger partial charge in [-0.3, -0.25) is 0 Å². The van der Waals surface area contributed by atoms with Gasteiger partial charge in [0, 0.05) is 17.9 Å². The Balaban J connectivity index is 1.95. The second kappa shape index (κ2) is 4.05. The van der Waals surface area contributed by atoms with E-state index in [-0.39, 0.29) is 5.82 Å². The van der Waals surface area contributed by atoms with Crippen LogP contribution >= 0.6 is 22.7 Å². The van der Waals surface area contributed by atoms with Crippen molar-refractivity contribution in [3.63, 3.8) is 0 Å². The van der Waals surface area contributed by atoms with Crippen molar-refractivity contribution in [2.75, 3.05) is 5.73 Å². The van der Waals surface area contributed by atoms with Gasteiger partial charge in [0.15, 0.2) is 5.13 Å². The van der Waals surface area contributed by atoms with Crippen LogP contribution in [0, 0.1) is 5.82 Å². The number of anilines is 1. The van der Waals surface area contributed by atoms with Crippen LogP contribution in [0.4, 0.5) is 9.52 Å². The van der Waals surface area contributed by atoms with Crippen molar-refractivity contribution in [2.45, 2.75) is 6.42 Å². The van der Waals surface area contributed by atoms with E-state index in [1.807, 2.05) is 5.38 Å². The van der Waals surface area contributed by atoms with Crippen LogP contribution in [0.2, 0.25) is 0 Å². The van der Waals surface area contributed by atoms with Crippen molar-refractivity contribution in [2.24, 2.45) is 0 Å². The van der Waals surface area contributed by atoms with E-state index in [0.717, 1.165) is 15.4 Å². The predicted octanol–water partition coefficient (Wildman–Crippen LogP) is 3.06. The molecule has 6 heteroatoms. The van der Waals surface area contributed by atoms with Crippen molar-refractivity contribution in [3.8, 4) is 0 Å². The first-order chi connectivity index (χ1) is 8.20. The van der Waals surface area contributed by atoms with E-state index in [0.29, 0.717) is 17.1 Å². The smallest absolute Gasteiger partial charge is 0.180 e. The van der Waals surface area contributed by atoms with Crippen molar-refractivity contribution in [1.82, 2.24) is 9.97 Å². The summed E-state index contributed by atoms with van der Waals surface area (Å²) < 4.78 is 14.0. The fraction of sp³-hybridized carbons (Fsp3) is 0.0909. The van der Waals surface area contributed by atoms with Gasteiger partial charge in [-0.15, -0.1) is 22.7 Å². The molecule has 86 valence electrons. The lowest BCUT2D eigenvalue weighted by Crippen LogP contribution is -1.88. The number of rotatable bonds is 2. The lowest BCUT2D eigenvalue weighted by Gasteiger charge is -1.88. The average molecular weight is 265 g/mol. The third-order valence-corrected chi connectivity index (χ3v) is 4.05. The molecule has 1 aromatic carbocycles. The van der Waals surface area contributed by atoms with Crippen LogP contribution in [0.5, 0.6) is 0 Å². The molecule has 0 aliphatic rings. The Bertz CT molecular complexity index is 674. The Hall–Kier alpha value is -1.53. The molecule has 0 radical (unpaired) electrons. The lowest BCUT2D eigenvalue weighted by molar-refractivity contribution is 0.629. The number of nitrogen functional groups attached to an aromatic ring is 1. The third-order valence-electron chi connectivity index (χ3n) is 2.30. The molecule has 0 bridgehead atoms. The highest BCUT2D eigenvalue weighted by Crippen LogP contribution is 2.25. The molecule has 0 amide bonds. The third kappa shape index (κ3) is 2.13. The highest BCUT2D eigenvalue weighted by molar-refractivity contribution is 7.18. The molecule has 3 aromatic rings. The van der Waals surface area contributed by atoms with Crippen LogP contribution in [0.25, 0.3) is 10.2 Å². The molecule has 0 aliphatic heterocycles. The van der Waals surface area contributed by atoms with E-state index < -0.39 is 0 Å². The van der Waals surface area contributed by atoms with Crippen LogP contribution in [-0.4, -0.2) is 9.97 Å². The maximum atomic E-state index is 13.0. The number of halogens is 1. The standard InChI is InChI=1S/C11H8FN3S2/c12-6-1-2-9-8(3-6)15-10(17-9)4-7-5-16-11(13)14-7/h1-3,5H,4H2,(H2,13,14). The first kappa shape index (κ1) is 10.6. The number of nitrogens with two attached hydrogens (primary N) is 1. The van der Waals surface area contributed by atoms with E-state index in [1.165, 1.54) is 23.5 Å². The average Bonchev–Trinajstić information content (AvgIpc) is 2.84. The molecule has 3 nitrogen and oxygen atoms in total. The van der Waals surface area contributed by atoms with Gasteiger partial charge in [-0.1, -0.05) is 0 Å². The van der Waals surface area contributed by atoms with E-state index in [2.05, 4.69) is 9.97 Å². The topological polar surface area (TPSA) is 51.8 Å². The van der Waals surface area contributed by atoms with Crippen molar-refractivity contribution < 1.29 is 4.39 Å². The molecule has 0 unspecified atom stereocenters. The SMILES string of the molecule is Nc1nc(Cc2nc3cc(F)ccc3s2)cs1. The van der Waals surface area contributed by atoms with Crippen LogP contribution in [-0.2, 0) is 6.42 Å². The van der Waals surface area contributed by atoms with Gasteiger partial charge in [0.1, 0.15) is 5.82 Å².